The molecule has 6 heteroatoms. The first-order valence-corrected chi connectivity index (χ1v) is 8.04. The summed E-state index contributed by atoms with van der Waals surface area (Å²) in [5, 5.41) is 3.86. The van der Waals surface area contributed by atoms with E-state index in [1.165, 1.54) is 12.8 Å². The number of unbranched alkanes of at least 4 members (excludes halogenated alkanes) is 2. The molecule has 0 saturated carbocycles. The Hall–Kier alpha value is -0.360. The van der Waals surface area contributed by atoms with E-state index in [9.17, 15) is 8.42 Å². The minimum atomic E-state index is -2.86. The Morgan fingerprint density at radius 3 is 2.88 bits per heavy atom. The van der Waals surface area contributed by atoms with Gasteiger partial charge in [-0.15, -0.1) is 0 Å². The monoisotopic (exact) mass is 262 g/mol. The molecule has 0 aliphatic carbocycles. The molecule has 0 aromatic heterocycles. The normalized spacial score (nSPS) is 31.6. The molecule has 2 saturated heterocycles. The lowest BCUT2D eigenvalue weighted by atomic mass is 10.1. The molecule has 2 fully saturated rings. The van der Waals surface area contributed by atoms with Crippen LogP contribution in [-0.4, -0.2) is 48.6 Å². The number of rotatable bonds is 4. The van der Waals surface area contributed by atoms with E-state index in [4.69, 9.17) is 12.2 Å². The van der Waals surface area contributed by atoms with Gasteiger partial charge >= 0.3 is 0 Å². The van der Waals surface area contributed by atoms with E-state index >= 15 is 0 Å². The molecule has 0 bridgehead atoms. The van der Waals surface area contributed by atoms with Gasteiger partial charge in [-0.25, -0.2) is 8.42 Å². The zero-order chi connectivity index (χ0) is 11.8. The number of sulfone groups is 1. The highest BCUT2D eigenvalue weighted by atomic mass is 32.2. The van der Waals surface area contributed by atoms with Crippen LogP contribution in [0.4, 0.5) is 0 Å². The summed E-state index contributed by atoms with van der Waals surface area (Å²) in [4.78, 5) is 2.07. The minimum absolute atomic E-state index is 0.0270. The number of hydrogen-bond acceptors (Lipinski definition) is 3. The molecule has 16 heavy (non-hydrogen) atoms. The highest BCUT2D eigenvalue weighted by Gasteiger charge is 2.46. The average Bonchev–Trinajstić information content (AvgIpc) is 2.60. The van der Waals surface area contributed by atoms with Gasteiger partial charge in [-0.1, -0.05) is 19.8 Å². The maximum atomic E-state index is 11.5. The van der Waals surface area contributed by atoms with E-state index in [0.717, 1.165) is 18.1 Å². The predicted octanol–water partition coefficient (Wildman–Crippen LogP) is 0.532. The van der Waals surface area contributed by atoms with Crippen LogP contribution in [0.1, 0.15) is 26.2 Å². The second kappa shape index (κ2) is 4.49. The first-order chi connectivity index (χ1) is 7.53. The molecule has 0 radical (unpaired) electrons. The van der Waals surface area contributed by atoms with Crippen molar-refractivity contribution in [2.75, 3.05) is 18.1 Å². The Morgan fingerprint density at radius 1 is 1.44 bits per heavy atom. The Kier molecular flexibility index (Phi) is 3.39. The summed E-state index contributed by atoms with van der Waals surface area (Å²) in [7, 11) is -2.86. The van der Waals surface area contributed by atoms with E-state index in [1.807, 2.05) is 0 Å². The van der Waals surface area contributed by atoms with Crippen molar-refractivity contribution in [2.24, 2.45) is 0 Å². The SMILES string of the molecule is CCCCCN1C(=S)N[C@H]2CS(=O)(=O)C[C@H]21. The summed E-state index contributed by atoms with van der Waals surface area (Å²) >= 11 is 5.24. The van der Waals surface area contributed by atoms with Crippen molar-refractivity contribution < 1.29 is 8.42 Å². The van der Waals surface area contributed by atoms with Crippen molar-refractivity contribution in [2.45, 2.75) is 38.3 Å². The van der Waals surface area contributed by atoms with Crippen molar-refractivity contribution in [3.05, 3.63) is 0 Å². The predicted molar refractivity (Wildman–Crippen MR) is 68.2 cm³/mol. The molecule has 92 valence electrons. The van der Waals surface area contributed by atoms with Crippen LogP contribution in [0.2, 0.25) is 0 Å². The first-order valence-electron chi connectivity index (χ1n) is 5.81. The summed E-state index contributed by atoms with van der Waals surface area (Å²) in [5.41, 5.74) is 0. The standard InChI is InChI=1S/C10H18N2O2S2/c1-2-3-4-5-12-9-7-16(13,14)6-8(9)11-10(12)15/h8-9H,2-7H2,1H3,(H,11,15)/t8-,9+/m0/s1. The second-order valence-corrected chi connectivity index (χ2v) is 7.14. The highest BCUT2D eigenvalue weighted by Crippen LogP contribution is 2.24. The molecule has 2 aliphatic rings. The van der Waals surface area contributed by atoms with Crippen LogP contribution in [0.5, 0.6) is 0 Å². The molecule has 2 atom stereocenters. The van der Waals surface area contributed by atoms with Crippen LogP contribution in [0, 0.1) is 0 Å². The molecular weight excluding hydrogens is 244 g/mol. The smallest absolute Gasteiger partial charge is 0.169 e. The van der Waals surface area contributed by atoms with Crippen LogP contribution >= 0.6 is 12.2 Å². The zero-order valence-corrected chi connectivity index (χ0v) is 11.1. The van der Waals surface area contributed by atoms with E-state index in [-0.39, 0.29) is 23.6 Å². The summed E-state index contributed by atoms with van der Waals surface area (Å²) < 4.78 is 23.0. The van der Waals surface area contributed by atoms with Crippen molar-refractivity contribution >= 4 is 27.2 Å². The first kappa shape index (κ1) is 12.1. The van der Waals surface area contributed by atoms with Gasteiger partial charge in [0.2, 0.25) is 0 Å². The third kappa shape index (κ3) is 2.32. The zero-order valence-electron chi connectivity index (χ0n) is 9.48. The third-order valence-corrected chi connectivity index (χ3v) is 5.36. The molecule has 2 heterocycles. The number of hydrogen-bond donors (Lipinski definition) is 1. The molecule has 0 aromatic carbocycles. The summed E-state index contributed by atoms with van der Waals surface area (Å²) in [6, 6.07) is 0.105. The minimum Gasteiger partial charge on any atom is -0.357 e. The molecule has 1 N–H and O–H groups in total. The molecule has 0 unspecified atom stereocenters. The lowest BCUT2D eigenvalue weighted by Crippen LogP contribution is -2.37. The Bertz CT molecular complexity index is 380. The number of nitrogens with one attached hydrogen (secondary N) is 1. The highest BCUT2D eigenvalue weighted by molar-refractivity contribution is 7.91. The maximum Gasteiger partial charge on any atom is 0.169 e. The van der Waals surface area contributed by atoms with E-state index in [2.05, 4.69) is 17.1 Å². The van der Waals surface area contributed by atoms with Gasteiger partial charge in [0.05, 0.1) is 23.6 Å². The molecule has 0 spiro atoms. The second-order valence-electron chi connectivity index (χ2n) is 4.60. The van der Waals surface area contributed by atoms with Crippen molar-refractivity contribution in [1.29, 1.82) is 0 Å². The molecule has 0 aromatic rings. The van der Waals surface area contributed by atoms with E-state index < -0.39 is 9.84 Å². The van der Waals surface area contributed by atoms with Gasteiger partial charge in [-0.3, -0.25) is 0 Å². The van der Waals surface area contributed by atoms with Gasteiger partial charge in [-0.2, -0.15) is 0 Å². The lowest BCUT2D eigenvalue weighted by molar-refractivity contribution is 0.346. The maximum absolute atomic E-state index is 11.5. The van der Waals surface area contributed by atoms with Crippen LogP contribution in [0.3, 0.4) is 0 Å². The average molecular weight is 262 g/mol. The Labute approximate surface area is 102 Å². The summed E-state index contributed by atoms with van der Waals surface area (Å²) in [6.45, 7) is 3.04. The van der Waals surface area contributed by atoms with Gasteiger partial charge in [0.1, 0.15) is 0 Å². The van der Waals surface area contributed by atoms with Gasteiger partial charge in [0.25, 0.3) is 0 Å². The number of fused-ring (bicyclic) bond motifs is 1. The van der Waals surface area contributed by atoms with E-state index in [1.54, 1.807) is 0 Å². The van der Waals surface area contributed by atoms with E-state index in [0.29, 0.717) is 0 Å². The number of thiocarbonyl (C=S) groups is 1. The van der Waals surface area contributed by atoms with Gasteiger partial charge in [0.15, 0.2) is 14.9 Å². The Morgan fingerprint density at radius 2 is 2.19 bits per heavy atom. The van der Waals surface area contributed by atoms with Crippen LogP contribution in [0.15, 0.2) is 0 Å². The van der Waals surface area contributed by atoms with Gasteiger partial charge in [0, 0.05) is 6.54 Å². The van der Waals surface area contributed by atoms with Gasteiger partial charge in [-0.05, 0) is 18.6 Å². The van der Waals surface area contributed by atoms with Crippen LogP contribution in [0.25, 0.3) is 0 Å². The fourth-order valence-corrected chi connectivity index (χ4v) is 4.77. The Balaban J connectivity index is 1.99. The molecular formula is C10H18N2O2S2. The van der Waals surface area contributed by atoms with Gasteiger partial charge < -0.3 is 10.2 Å². The molecule has 0 amide bonds. The molecule has 2 rings (SSSR count). The largest absolute Gasteiger partial charge is 0.357 e. The quantitative estimate of drug-likeness (QED) is 0.592. The summed E-state index contributed by atoms with van der Waals surface area (Å²) in [6.07, 6.45) is 3.42. The van der Waals surface area contributed by atoms with Crippen molar-refractivity contribution in [3.63, 3.8) is 0 Å². The lowest BCUT2D eigenvalue weighted by Gasteiger charge is -2.22. The molecule has 2 aliphatic heterocycles. The molecule has 4 nitrogen and oxygen atoms in total. The van der Waals surface area contributed by atoms with Crippen LogP contribution in [-0.2, 0) is 9.84 Å². The topological polar surface area (TPSA) is 49.4 Å². The van der Waals surface area contributed by atoms with Crippen LogP contribution < -0.4 is 5.32 Å². The van der Waals surface area contributed by atoms with Crippen molar-refractivity contribution in [3.8, 4) is 0 Å². The number of nitrogens with zero attached hydrogens (tertiary/aromatic N) is 1. The fourth-order valence-electron chi connectivity index (χ4n) is 2.47. The third-order valence-electron chi connectivity index (χ3n) is 3.30. The van der Waals surface area contributed by atoms with Crippen molar-refractivity contribution in [1.82, 2.24) is 10.2 Å². The fraction of sp³-hybridized carbons (Fsp3) is 0.900. The summed E-state index contributed by atoms with van der Waals surface area (Å²) in [5.74, 6) is 0.499.